The Kier molecular flexibility index (Phi) is 6.49. The van der Waals surface area contributed by atoms with Crippen LogP contribution in [0.3, 0.4) is 0 Å². The highest BCUT2D eigenvalue weighted by molar-refractivity contribution is 5.82. The molecule has 0 aliphatic carbocycles. The van der Waals surface area contributed by atoms with Crippen LogP contribution in [0.5, 0.6) is 0 Å². The zero-order valence-corrected chi connectivity index (χ0v) is 9.54. The fourth-order valence-electron chi connectivity index (χ4n) is 1.07. The van der Waals surface area contributed by atoms with Crippen LogP contribution in [0.2, 0.25) is 0 Å². The molecule has 0 bridgehead atoms. The van der Waals surface area contributed by atoms with Crippen LogP contribution < -0.4 is 10.6 Å². The molecule has 15 heavy (non-hydrogen) atoms. The van der Waals surface area contributed by atoms with E-state index < -0.39 is 18.0 Å². The van der Waals surface area contributed by atoms with E-state index in [0.29, 0.717) is 6.42 Å². The van der Waals surface area contributed by atoms with Gasteiger partial charge in [0.25, 0.3) is 0 Å². The van der Waals surface area contributed by atoms with Gasteiger partial charge in [0, 0.05) is 6.04 Å². The van der Waals surface area contributed by atoms with Gasteiger partial charge in [0.1, 0.15) is 6.04 Å². The Balaban J connectivity index is 4.05. The van der Waals surface area contributed by atoms with Gasteiger partial charge in [-0.15, -0.1) is 0 Å². The second kappa shape index (κ2) is 7.09. The maximum Gasteiger partial charge on any atom is 0.326 e. The summed E-state index contributed by atoms with van der Waals surface area (Å²) in [6, 6.07) is -1.15. The standard InChI is InChI=1S/C10H20N2O3/c1-4-6-8(9(13)14)12-10(15)11-7(3)5-2/h7-8H,4-6H2,1-3H3,(H,13,14)(H2,11,12,15)/t7?,8-/m0/s1. The molecule has 0 saturated heterocycles. The highest BCUT2D eigenvalue weighted by Crippen LogP contribution is 1.97. The lowest BCUT2D eigenvalue weighted by molar-refractivity contribution is -0.139. The Morgan fingerprint density at radius 3 is 2.27 bits per heavy atom. The lowest BCUT2D eigenvalue weighted by Crippen LogP contribution is -2.48. The van der Waals surface area contributed by atoms with Crippen LogP contribution >= 0.6 is 0 Å². The third kappa shape index (κ3) is 5.93. The van der Waals surface area contributed by atoms with E-state index in [1.165, 1.54) is 0 Å². The summed E-state index contributed by atoms with van der Waals surface area (Å²) in [6.07, 6.45) is 1.99. The average molecular weight is 216 g/mol. The molecule has 2 atom stereocenters. The minimum Gasteiger partial charge on any atom is -0.480 e. The average Bonchev–Trinajstić information content (AvgIpc) is 2.16. The molecule has 0 rings (SSSR count). The first-order valence-corrected chi connectivity index (χ1v) is 5.31. The fraction of sp³-hybridized carbons (Fsp3) is 0.800. The lowest BCUT2D eigenvalue weighted by Gasteiger charge is -2.16. The van der Waals surface area contributed by atoms with Gasteiger partial charge in [-0.3, -0.25) is 0 Å². The van der Waals surface area contributed by atoms with Crippen molar-refractivity contribution >= 4 is 12.0 Å². The first-order valence-electron chi connectivity index (χ1n) is 5.31. The molecule has 0 aliphatic rings. The minimum atomic E-state index is -0.990. The maximum atomic E-state index is 11.3. The van der Waals surface area contributed by atoms with Gasteiger partial charge < -0.3 is 15.7 Å². The van der Waals surface area contributed by atoms with Gasteiger partial charge in [0.05, 0.1) is 0 Å². The van der Waals surface area contributed by atoms with Gasteiger partial charge in [0.2, 0.25) is 0 Å². The number of rotatable bonds is 6. The number of amides is 2. The molecular formula is C10H20N2O3. The van der Waals surface area contributed by atoms with Crippen LogP contribution in [0.1, 0.15) is 40.0 Å². The molecule has 0 aliphatic heterocycles. The van der Waals surface area contributed by atoms with Gasteiger partial charge in [-0.2, -0.15) is 0 Å². The van der Waals surface area contributed by atoms with Crippen LogP contribution in [-0.2, 0) is 4.79 Å². The number of nitrogens with one attached hydrogen (secondary N) is 2. The topological polar surface area (TPSA) is 78.4 Å². The second-order valence-corrected chi connectivity index (χ2v) is 3.61. The number of carbonyl (C=O) groups is 2. The minimum absolute atomic E-state index is 0.0565. The molecule has 88 valence electrons. The monoisotopic (exact) mass is 216 g/mol. The SMILES string of the molecule is CCC[C@H](NC(=O)NC(C)CC)C(=O)O. The Morgan fingerprint density at radius 1 is 1.27 bits per heavy atom. The molecular weight excluding hydrogens is 196 g/mol. The summed E-state index contributed by atoms with van der Waals surface area (Å²) in [5.74, 6) is -0.990. The van der Waals surface area contributed by atoms with Crippen molar-refractivity contribution < 1.29 is 14.7 Å². The smallest absolute Gasteiger partial charge is 0.326 e. The first-order chi connectivity index (χ1) is 7.01. The van der Waals surface area contributed by atoms with Crippen LogP contribution in [0.15, 0.2) is 0 Å². The number of carboxylic acids is 1. The Morgan fingerprint density at radius 2 is 1.87 bits per heavy atom. The number of urea groups is 1. The Hall–Kier alpha value is -1.26. The molecule has 0 spiro atoms. The molecule has 0 fully saturated rings. The molecule has 0 saturated carbocycles. The van der Waals surface area contributed by atoms with E-state index in [-0.39, 0.29) is 6.04 Å². The lowest BCUT2D eigenvalue weighted by atomic mass is 10.2. The van der Waals surface area contributed by atoms with Crippen LogP contribution in [0.4, 0.5) is 4.79 Å². The molecule has 0 aromatic rings. The van der Waals surface area contributed by atoms with Gasteiger partial charge >= 0.3 is 12.0 Å². The summed E-state index contributed by atoms with van der Waals surface area (Å²) in [5, 5.41) is 13.9. The maximum absolute atomic E-state index is 11.3. The molecule has 0 aromatic carbocycles. The molecule has 5 nitrogen and oxygen atoms in total. The van der Waals surface area contributed by atoms with E-state index in [1.807, 2.05) is 20.8 Å². The molecule has 1 unspecified atom stereocenters. The molecule has 0 heterocycles. The number of carbonyl (C=O) groups excluding carboxylic acids is 1. The zero-order valence-electron chi connectivity index (χ0n) is 9.54. The van der Waals surface area contributed by atoms with Crippen molar-refractivity contribution in [3.05, 3.63) is 0 Å². The molecule has 2 amide bonds. The summed E-state index contributed by atoms with van der Waals surface area (Å²) < 4.78 is 0. The number of aliphatic carboxylic acids is 1. The van der Waals surface area contributed by atoms with Gasteiger partial charge in [-0.25, -0.2) is 9.59 Å². The summed E-state index contributed by atoms with van der Waals surface area (Å²) in [7, 11) is 0. The summed E-state index contributed by atoms with van der Waals surface area (Å²) in [4.78, 5) is 22.1. The Labute approximate surface area is 90.2 Å². The van der Waals surface area contributed by atoms with E-state index in [9.17, 15) is 9.59 Å². The van der Waals surface area contributed by atoms with E-state index in [1.54, 1.807) is 0 Å². The van der Waals surface area contributed by atoms with Crippen molar-refractivity contribution in [3.63, 3.8) is 0 Å². The summed E-state index contributed by atoms with van der Waals surface area (Å²) in [6.45, 7) is 5.70. The third-order valence-corrected chi connectivity index (χ3v) is 2.17. The van der Waals surface area contributed by atoms with Crippen molar-refractivity contribution in [1.29, 1.82) is 0 Å². The van der Waals surface area contributed by atoms with E-state index in [2.05, 4.69) is 10.6 Å². The zero-order chi connectivity index (χ0) is 11.8. The van der Waals surface area contributed by atoms with Crippen molar-refractivity contribution in [2.75, 3.05) is 0 Å². The number of hydrogen-bond donors (Lipinski definition) is 3. The van der Waals surface area contributed by atoms with E-state index >= 15 is 0 Å². The summed E-state index contributed by atoms with van der Waals surface area (Å²) in [5.41, 5.74) is 0. The highest BCUT2D eigenvalue weighted by atomic mass is 16.4. The predicted molar refractivity (Wildman–Crippen MR) is 57.8 cm³/mol. The molecule has 5 heteroatoms. The Bertz CT molecular complexity index is 219. The van der Waals surface area contributed by atoms with Gasteiger partial charge in [0.15, 0.2) is 0 Å². The van der Waals surface area contributed by atoms with E-state index in [0.717, 1.165) is 12.8 Å². The fourth-order valence-corrected chi connectivity index (χ4v) is 1.07. The van der Waals surface area contributed by atoms with Crippen LogP contribution in [-0.4, -0.2) is 29.2 Å². The summed E-state index contributed by atoms with van der Waals surface area (Å²) >= 11 is 0. The molecule has 0 aromatic heterocycles. The molecule has 0 radical (unpaired) electrons. The quantitative estimate of drug-likeness (QED) is 0.627. The third-order valence-electron chi connectivity index (χ3n) is 2.17. The molecule has 3 N–H and O–H groups in total. The van der Waals surface area contributed by atoms with Crippen molar-refractivity contribution in [2.24, 2.45) is 0 Å². The normalized spacial score (nSPS) is 14.1. The van der Waals surface area contributed by atoms with Crippen molar-refractivity contribution in [1.82, 2.24) is 10.6 Å². The van der Waals surface area contributed by atoms with E-state index in [4.69, 9.17) is 5.11 Å². The van der Waals surface area contributed by atoms with Crippen LogP contribution in [0, 0.1) is 0 Å². The van der Waals surface area contributed by atoms with Crippen LogP contribution in [0.25, 0.3) is 0 Å². The number of hydrogen-bond acceptors (Lipinski definition) is 2. The van der Waals surface area contributed by atoms with Crippen molar-refractivity contribution in [3.8, 4) is 0 Å². The van der Waals surface area contributed by atoms with Gasteiger partial charge in [-0.1, -0.05) is 20.3 Å². The number of carboxylic acid groups (broad SMARTS) is 1. The first kappa shape index (κ1) is 13.7. The highest BCUT2D eigenvalue weighted by Gasteiger charge is 2.18. The largest absolute Gasteiger partial charge is 0.480 e. The van der Waals surface area contributed by atoms with Gasteiger partial charge in [-0.05, 0) is 19.8 Å². The predicted octanol–water partition coefficient (Wildman–Crippen LogP) is 1.34. The second-order valence-electron chi connectivity index (χ2n) is 3.61. The van der Waals surface area contributed by atoms with Crippen molar-refractivity contribution in [2.45, 2.75) is 52.1 Å².